The number of aryl methyl sites for hydroxylation is 1. The number of hydrogen-bond donors (Lipinski definition) is 0. The first-order valence-corrected chi connectivity index (χ1v) is 5.78. The molecule has 1 aromatic heterocycles. The third-order valence-corrected chi connectivity index (χ3v) is 2.94. The second-order valence-corrected chi connectivity index (χ2v) is 4.58. The molecule has 0 unspecified atom stereocenters. The fraction of sp³-hybridized carbons (Fsp3) is 0.357. The zero-order chi connectivity index (χ0) is 12.6. The van der Waals surface area contributed by atoms with Crippen LogP contribution in [0.3, 0.4) is 0 Å². The number of pyridine rings is 1. The van der Waals surface area contributed by atoms with Gasteiger partial charge in [-0.2, -0.15) is 0 Å². The van der Waals surface area contributed by atoms with Gasteiger partial charge in [-0.3, -0.25) is 4.98 Å². The summed E-state index contributed by atoms with van der Waals surface area (Å²) in [5.74, 6) is 1.10. The second kappa shape index (κ2) is 4.40. The number of benzene rings is 1. The van der Waals surface area contributed by atoms with Gasteiger partial charge in [-0.1, -0.05) is 13.8 Å². The van der Waals surface area contributed by atoms with Crippen molar-refractivity contribution >= 4 is 24.1 Å². The standard InChI is InChI=1S/C14H16BNO/c1-8(2)14-10-5-6-12(17-4)13(15)11(10)7-9(3)16-14/h5-8H,1-4H3. The van der Waals surface area contributed by atoms with Crippen molar-refractivity contribution in [2.24, 2.45) is 0 Å². The van der Waals surface area contributed by atoms with E-state index in [1.54, 1.807) is 7.11 Å². The fourth-order valence-corrected chi connectivity index (χ4v) is 2.10. The molecule has 0 saturated carbocycles. The summed E-state index contributed by atoms with van der Waals surface area (Å²) >= 11 is 0. The van der Waals surface area contributed by atoms with Crippen molar-refractivity contribution in [2.75, 3.05) is 7.11 Å². The Bertz CT molecular complexity index is 564. The Balaban J connectivity index is 2.84. The first-order valence-electron chi connectivity index (χ1n) is 5.78. The van der Waals surface area contributed by atoms with E-state index in [9.17, 15) is 0 Å². The minimum atomic E-state index is 0.380. The number of hydrogen-bond acceptors (Lipinski definition) is 2. The van der Waals surface area contributed by atoms with Crippen LogP contribution in [0.15, 0.2) is 18.2 Å². The van der Waals surface area contributed by atoms with Crippen LogP contribution in [0, 0.1) is 6.92 Å². The highest BCUT2D eigenvalue weighted by molar-refractivity contribution is 6.40. The first kappa shape index (κ1) is 12.0. The molecule has 0 N–H and O–H groups in total. The van der Waals surface area contributed by atoms with E-state index in [1.165, 1.54) is 0 Å². The molecule has 0 atom stereocenters. The van der Waals surface area contributed by atoms with E-state index in [0.717, 1.165) is 27.9 Å². The Morgan fingerprint density at radius 1 is 1.24 bits per heavy atom. The zero-order valence-electron chi connectivity index (χ0n) is 10.7. The van der Waals surface area contributed by atoms with Gasteiger partial charge in [0.15, 0.2) is 0 Å². The Labute approximate surface area is 103 Å². The van der Waals surface area contributed by atoms with Crippen molar-refractivity contribution in [1.82, 2.24) is 4.98 Å². The monoisotopic (exact) mass is 225 g/mol. The number of methoxy groups -OCH3 is 1. The molecule has 2 aromatic rings. The molecule has 0 spiro atoms. The zero-order valence-corrected chi connectivity index (χ0v) is 10.7. The van der Waals surface area contributed by atoms with Crippen molar-refractivity contribution in [3.63, 3.8) is 0 Å². The van der Waals surface area contributed by atoms with Crippen LogP contribution in [0.2, 0.25) is 0 Å². The molecule has 0 bridgehead atoms. The highest BCUT2D eigenvalue weighted by Crippen LogP contribution is 2.25. The highest BCUT2D eigenvalue weighted by atomic mass is 16.5. The smallest absolute Gasteiger partial charge is 0.119 e. The number of rotatable bonds is 2. The summed E-state index contributed by atoms with van der Waals surface area (Å²) in [4.78, 5) is 4.60. The fourth-order valence-electron chi connectivity index (χ4n) is 2.10. The topological polar surface area (TPSA) is 22.1 Å². The lowest BCUT2D eigenvalue weighted by molar-refractivity contribution is 0.418. The Morgan fingerprint density at radius 2 is 1.94 bits per heavy atom. The van der Waals surface area contributed by atoms with Crippen molar-refractivity contribution in [2.45, 2.75) is 26.7 Å². The lowest BCUT2D eigenvalue weighted by Crippen LogP contribution is -2.10. The second-order valence-electron chi connectivity index (χ2n) is 4.58. The molecule has 3 heteroatoms. The maximum Gasteiger partial charge on any atom is 0.119 e. The molecule has 1 aromatic carbocycles. The Kier molecular flexibility index (Phi) is 3.10. The van der Waals surface area contributed by atoms with Crippen LogP contribution in [-0.4, -0.2) is 19.9 Å². The molecule has 2 radical (unpaired) electrons. The molecule has 0 amide bonds. The van der Waals surface area contributed by atoms with Gasteiger partial charge >= 0.3 is 0 Å². The van der Waals surface area contributed by atoms with Crippen LogP contribution >= 0.6 is 0 Å². The van der Waals surface area contributed by atoms with Crippen molar-refractivity contribution < 1.29 is 4.74 Å². The van der Waals surface area contributed by atoms with Crippen LogP contribution in [0.4, 0.5) is 0 Å². The molecule has 2 nitrogen and oxygen atoms in total. The van der Waals surface area contributed by atoms with Gasteiger partial charge in [0.05, 0.1) is 12.8 Å². The van der Waals surface area contributed by atoms with E-state index in [4.69, 9.17) is 12.6 Å². The van der Waals surface area contributed by atoms with E-state index in [0.29, 0.717) is 11.4 Å². The molecule has 0 aliphatic rings. The van der Waals surface area contributed by atoms with Crippen molar-refractivity contribution in [3.8, 4) is 5.75 Å². The van der Waals surface area contributed by atoms with Crippen LogP contribution in [-0.2, 0) is 0 Å². The lowest BCUT2D eigenvalue weighted by Gasteiger charge is -2.14. The van der Waals surface area contributed by atoms with Crippen molar-refractivity contribution in [1.29, 1.82) is 0 Å². The summed E-state index contributed by atoms with van der Waals surface area (Å²) < 4.78 is 5.25. The summed E-state index contributed by atoms with van der Waals surface area (Å²) in [6.45, 7) is 6.27. The summed E-state index contributed by atoms with van der Waals surface area (Å²) in [6.07, 6.45) is 0. The van der Waals surface area contributed by atoms with Crippen LogP contribution in [0.1, 0.15) is 31.2 Å². The molecule has 0 fully saturated rings. The van der Waals surface area contributed by atoms with E-state index >= 15 is 0 Å². The molecule has 2 rings (SSSR count). The summed E-state index contributed by atoms with van der Waals surface area (Å²) in [6, 6.07) is 5.95. The molecule has 86 valence electrons. The SMILES string of the molecule is [B]c1c(OC)ccc2c(C(C)C)nc(C)cc12. The van der Waals surface area contributed by atoms with E-state index in [1.807, 2.05) is 25.1 Å². The van der Waals surface area contributed by atoms with Gasteiger partial charge in [0, 0.05) is 11.1 Å². The largest absolute Gasteiger partial charge is 0.497 e. The molecule has 0 aliphatic heterocycles. The Hall–Kier alpha value is -1.51. The average molecular weight is 225 g/mol. The number of aromatic nitrogens is 1. The molecular weight excluding hydrogens is 209 g/mol. The minimum Gasteiger partial charge on any atom is -0.497 e. The molecule has 1 heterocycles. The van der Waals surface area contributed by atoms with Gasteiger partial charge in [0.2, 0.25) is 0 Å². The summed E-state index contributed by atoms with van der Waals surface area (Å²) in [5, 5.41) is 2.14. The van der Waals surface area contributed by atoms with Gasteiger partial charge in [-0.15, -0.1) is 0 Å². The van der Waals surface area contributed by atoms with E-state index < -0.39 is 0 Å². The third-order valence-electron chi connectivity index (χ3n) is 2.94. The molecule has 17 heavy (non-hydrogen) atoms. The maximum atomic E-state index is 6.11. The normalized spacial score (nSPS) is 11.1. The predicted octanol–water partition coefficient (Wildman–Crippen LogP) is 2.47. The van der Waals surface area contributed by atoms with Gasteiger partial charge in [-0.05, 0) is 41.9 Å². The Morgan fingerprint density at radius 3 is 2.53 bits per heavy atom. The van der Waals surface area contributed by atoms with Gasteiger partial charge in [-0.25, -0.2) is 0 Å². The summed E-state index contributed by atoms with van der Waals surface area (Å²) in [7, 11) is 7.75. The molecule has 0 aliphatic carbocycles. The quantitative estimate of drug-likeness (QED) is 0.732. The number of ether oxygens (including phenoxy) is 1. The highest BCUT2D eigenvalue weighted by Gasteiger charge is 2.11. The van der Waals surface area contributed by atoms with E-state index in [-0.39, 0.29) is 0 Å². The third kappa shape index (κ3) is 2.02. The van der Waals surface area contributed by atoms with Gasteiger partial charge < -0.3 is 4.74 Å². The predicted molar refractivity (Wildman–Crippen MR) is 72.5 cm³/mol. The number of fused-ring (bicyclic) bond motifs is 1. The minimum absolute atomic E-state index is 0.380. The van der Waals surface area contributed by atoms with Crippen molar-refractivity contribution in [3.05, 3.63) is 29.6 Å². The lowest BCUT2D eigenvalue weighted by atomic mass is 9.87. The van der Waals surface area contributed by atoms with Crippen LogP contribution in [0.25, 0.3) is 10.8 Å². The van der Waals surface area contributed by atoms with Crippen LogP contribution < -0.4 is 10.2 Å². The van der Waals surface area contributed by atoms with Crippen LogP contribution in [0.5, 0.6) is 5.75 Å². The molecule has 0 saturated heterocycles. The average Bonchev–Trinajstić information content (AvgIpc) is 2.29. The maximum absolute atomic E-state index is 6.11. The summed E-state index contributed by atoms with van der Waals surface area (Å²) in [5.41, 5.74) is 2.77. The van der Waals surface area contributed by atoms with Gasteiger partial charge in [0.1, 0.15) is 13.6 Å². The first-order chi connectivity index (χ1) is 8.04. The molecular formula is C14H16BNO. The van der Waals surface area contributed by atoms with Gasteiger partial charge in [0.25, 0.3) is 0 Å². The van der Waals surface area contributed by atoms with E-state index in [2.05, 4.69) is 18.8 Å². The number of nitrogens with zero attached hydrogens (tertiary/aromatic N) is 1.